The molecule has 0 aromatic heterocycles. The fraction of sp³-hybridized carbons (Fsp3) is 0.444. The first-order valence-electron chi connectivity index (χ1n) is 8.03. The SMILES string of the molecule is CN(C)[C@@H]1CCC[C@H]1NC(=O)CNC(=O)/C=C\c1ccccc1. The Morgan fingerprint density at radius 2 is 1.96 bits per heavy atom. The third-order valence-corrected chi connectivity index (χ3v) is 4.14. The van der Waals surface area contributed by atoms with E-state index in [-0.39, 0.29) is 24.4 Å². The molecule has 0 saturated heterocycles. The lowest BCUT2D eigenvalue weighted by Gasteiger charge is -2.26. The second kappa shape index (κ2) is 8.48. The van der Waals surface area contributed by atoms with Crippen molar-refractivity contribution < 1.29 is 9.59 Å². The molecule has 0 heterocycles. The van der Waals surface area contributed by atoms with Crippen LogP contribution in [0, 0.1) is 0 Å². The lowest BCUT2D eigenvalue weighted by atomic mass is 10.1. The molecule has 0 bridgehead atoms. The van der Waals surface area contributed by atoms with Crippen LogP contribution >= 0.6 is 0 Å². The van der Waals surface area contributed by atoms with Crippen molar-refractivity contribution in [3.05, 3.63) is 42.0 Å². The smallest absolute Gasteiger partial charge is 0.244 e. The zero-order chi connectivity index (χ0) is 16.7. The van der Waals surface area contributed by atoms with Crippen LogP contribution in [0.25, 0.3) is 6.08 Å². The highest BCUT2D eigenvalue weighted by Crippen LogP contribution is 2.22. The van der Waals surface area contributed by atoms with Gasteiger partial charge in [-0.05, 0) is 45.0 Å². The number of hydrogen-bond acceptors (Lipinski definition) is 3. The fourth-order valence-corrected chi connectivity index (χ4v) is 2.95. The van der Waals surface area contributed by atoms with Crippen LogP contribution in [0.3, 0.4) is 0 Å². The fourth-order valence-electron chi connectivity index (χ4n) is 2.95. The van der Waals surface area contributed by atoms with E-state index in [1.807, 2.05) is 44.4 Å². The molecular formula is C18H25N3O2. The summed E-state index contributed by atoms with van der Waals surface area (Å²) in [6, 6.07) is 10.1. The second-order valence-corrected chi connectivity index (χ2v) is 6.10. The maximum atomic E-state index is 12.0. The average Bonchev–Trinajstić information content (AvgIpc) is 3.00. The van der Waals surface area contributed by atoms with Crippen LogP contribution in [0.2, 0.25) is 0 Å². The van der Waals surface area contributed by atoms with Gasteiger partial charge in [-0.25, -0.2) is 0 Å². The van der Waals surface area contributed by atoms with Crippen LogP contribution in [0.1, 0.15) is 24.8 Å². The van der Waals surface area contributed by atoms with Crippen LogP contribution in [-0.2, 0) is 9.59 Å². The minimum absolute atomic E-state index is 0.00854. The highest BCUT2D eigenvalue weighted by molar-refractivity contribution is 5.94. The largest absolute Gasteiger partial charge is 0.350 e. The first kappa shape index (κ1) is 17.2. The van der Waals surface area contributed by atoms with E-state index in [1.165, 1.54) is 6.08 Å². The third kappa shape index (κ3) is 5.53. The lowest BCUT2D eigenvalue weighted by Crippen LogP contribution is -2.48. The van der Waals surface area contributed by atoms with Gasteiger partial charge in [0.2, 0.25) is 11.8 Å². The first-order valence-corrected chi connectivity index (χ1v) is 8.03. The van der Waals surface area contributed by atoms with E-state index in [4.69, 9.17) is 0 Å². The molecule has 1 aliphatic carbocycles. The lowest BCUT2D eigenvalue weighted by molar-refractivity contribution is -0.124. The van der Waals surface area contributed by atoms with Gasteiger partial charge in [0.1, 0.15) is 0 Å². The van der Waals surface area contributed by atoms with Crippen molar-refractivity contribution in [2.75, 3.05) is 20.6 Å². The molecule has 1 aromatic rings. The summed E-state index contributed by atoms with van der Waals surface area (Å²) in [5.41, 5.74) is 0.951. The molecule has 1 fully saturated rings. The van der Waals surface area contributed by atoms with E-state index in [1.54, 1.807) is 6.08 Å². The van der Waals surface area contributed by atoms with E-state index >= 15 is 0 Å². The Morgan fingerprint density at radius 3 is 2.65 bits per heavy atom. The molecule has 2 N–H and O–H groups in total. The number of hydrogen-bond donors (Lipinski definition) is 2. The molecule has 0 aliphatic heterocycles. The van der Waals surface area contributed by atoms with Crippen LogP contribution < -0.4 is 10.6 Å². The van der Waals surface area contributed by atoms with Crippen LogP contribution in [0.15, 0.2) is 36.4 Å². The normalized spacial score (nSPS) is 20.8. The average molecular weight is 315 g/mol. The van der Waals surface area contributed by atoms with Gasteiger partial charge in [-0.1, -0.05) is 30.3 Å². The quantitative estimate of drug-likeness (QED) is 0.781. The molecule has 2 amide bonds. The van der Waals surface area contributed by atoms with Crippen LogP contribution in [0.5, 0.6) is 0 Å². The molecular weight excluding hydrogens is 290 g/mol. The van der Waals surface area contributed by atoms with Crippen molar-refractivity contribution in [1.29, 1.82) is 0 Å². The standard InChI is InChI=1S/C18H25N3O2/c1-21(2)16-10-6-9-15(16)20-18(23)13-19-17(22)12-11-14-7-4-3-5-8-14/h3-5,7-8,11-12,15-16H,6,9-10,13H2,1-2H3,(H,19,22)(H,20,23)/b12-11-/t15-,16-/m1/s1. The summed E-state index contributed by atoms with van der Waals surface area (Å²) < 4.78 is 0. The van der Waals surface area contributed by atoms with E-state index in [9.17, 15) is 9.59 Å². The Hall–Kier alpha value is -2.14. The van der Waals surface area contributed by atoms with Crippen molar-refractivity contribution in [2.24, 2.45) is 0 Å². The Kier molecular flexibility index (Phi) is 6.35. The number of carbonyl (C=O) groups is 2. The Bertz CT molecular complexity index is 555. The maximum absolute atomic E-state index is 12.0. The maximum Gasteiger partial charge on any atom is 0.244 e. The zero-order valence-electron chi connectivity index (χ0n) is 13.8. The van der Waals surface area contributed by atoms with Gasteiger partial charge in [-0.15, -0.1) is 0 Å². The Morgan fingerprint density at radius 1 is 1.22 bits per heavy atom. The van der Waals surface area contributed by atoms with Gasteiger partial charge in [0.15, 0.2) is 0 Å². The zero-order valence-corrected chi connectivity index (χ0v) is 13.8. The third-order valence-electron chi connectivity index (χ3n) is 4.14. The van der Waals surface area contributed by atoms with Crippen LogP contribution in [-0.4, -0.2) is 49.4 Å². The highest BCUT2D eigenvalue weighted by atomic mass is 16.2. The summed E-state index contributed by atoms with van der Waals surface area (Å²) in [7, 11) is 4.07. The van der Waals surface area contributed by atoms with E-state index in [0.29, 0.717) is 6.04 Å². The summed E-state index contributed by atoms with van der Waals surface area (Å²) in [6.45, 7) is 0.00854. The molecule has 1 aromatic carbocycles. The first-order chi connectivity index (χ1) is 11.1. The number of carbonyl (C=O) groups excluding carboxylic acids is 2. The Balaban J connectivity index is 1.74. The molecule has 0 spiro atoms. The number of likely N-dealkylation sites (N-methyl/N-ethyl adjacent to an activating group) is 1. The second-order valence-electron chi connectivity index (χ2n) is 6.10. The number of rotatable bonds is 6. The predicted molar refractivity (Wildman–Crippen MR) is 91.7 cm³/mol. The summed E-state index contributed by atoms with van der Waals surface area (Å²) in [5, 5.41) is 5.64. The molecule has 5 heteroatoms. The Labute approximate surface area is 137 Å². The number of amides is 2. The summed E-state index contributed by atoms with van der Waals surface area (Å²) in [5.74, 6) is -0.398. The topological polar surface area (TPSA) is 61.4 Å². The van der Waals surface area contributed by atoms with Crippen molar-refractivity contribution >= 4 is 17.9 Å². The predicted octanol–water partition coefficient (Wildman–Crippen LogP) is 1.41. The van der Waals surface area contributed by atoms with Crippen molar-refractivity contribution in [2.45, 2.75) is 31.3 Å². The van der Waals surface area contributed by atoms with Gasteiger partial charge in [-0.2, -0.15) is 0 Å². The van der Waals surface area contributed by atoms with Gasteiger partial charge >= 0.3 is 0 Å². The van der Waals surface area contributed by atoms with Gasteiger partial charge in [-0.3, -0.25) is 9.59 Å². The molecule has 1 saturated carbocycles. The molecule has 0 radical (unpaired) electrons. The number of nitrogens with one attached hydrogen (secondary N) is 2. The monoisotopic (exact) mass is 315 g/mol. The summed E-state index contributed by atoms with van der Waals surface area (Å²) in [6.07, 6.45) is 6.40. The highest BCUT2D eigenvalue weighted by Gasteiger charge is 2.29. The minimum atomic E-state index is -0.264. The number of benzene rings is 1. The molecule has 1 aliphatic rings. The van der Waals surface area contributed by atoms with Crippen molar-refractivity contribution in [3.8, 4) is 0 Å². The minimum Gasteiger partial charge on any atom is -0.350 e. The molecule has 2 rings (SSSR count). The van der Waals surface area contributed by atoms with Crippen molar-refractivity contribution in [3.63, 3.8) is 0 Å². The van der Waals surface area contributed by atoms with E-state index in [2.05, 4.69) is 15.5 Å². The summed E-state index contributed by atoms with van der Waals surface area (Å²) in [4.78, 5) is 25.9. The van der Waals surface area contributed by atoms with Gasteiger partial charge in [0.05, 0.1) is 6.54 Å². The van der Waals surface area contributed by atoms with Crippen LogP contribution in [0.4, 0.5) is 0 Å². The molecule has 5 nitrogen and oxygen atoms in total. The van der Waals surface area contributed by atoms with E-state index < -0.39 is 0 Å². The van der Waals surface area contributed by atoms with Gasteiger partial charge in [0, 0.05) is 18.2 Å². The molecule has 124 valence electrons. The van der Waals surface area contributed by atoms with Gasteiger partial charge < -0.3 is 15.5 Å². The molecule has 2 atom stereocenters. The molecule has 0 unspecified atom stereocenters. The van der Waals surface area contributed by atoms with Gasteiger partial charge in [0.25, 0.3) is 0 Å². The van der Waals surface area contributed by atoms with Crippen molar-refractivity contribution in [1.82, 2.24) is 15.5 Å². The van der Waals surface area contributed by atoms with E-state index in [0.717, 1.165) is 24.8 Å². The molecule has 23 heavy (non-hydrogen) atoms. The number of nitrogens with zero attached hydrogens (tertiary/aromatic N) is 1. The summed E-state index contributed by atoms with van der Waals surface area (Å²) >= 11 is 0.